The Morgan fingerprint density at radius 2 is 1.57 bits per heavy atom. The van der Waals surface area contributed by atoms with E-state index in [0.29, 0.717) is 6.61 Å². The summed E-state index contributed by atoms with van der Waals surface area (Å²) in [5.41, 5.74) is -0.720. The number of amides is 3. The lowest BCUT2D eigenvalue weighted by atomic mass is 9.83. The van der Waals surface area contributed by atoms with Crippen molar-refractivity contribution < 1.29 is 29.0 Å². The Morgan fingerprint density at radius 3 is 2.26 bits per heavy atom. The smallest absolute Gasteiger partial charge is 0.315 e. The van der Waals surface area contributed by atoms with E-state index in [2.05, 4.69) is 22.9 Å². The second-order valence-corrected chi connectivity index (χ2v) is 14.4. The average molecular weight is 594 g/mol. The summed E-state index contributed by atoms with van der Waals surface area (Å²) in [4.78, 5) is 39.1. The quantitative estimate of drug-likeness (QED) is 0.136. The lowest BCUT2D eigenvalue weighted by molar-refractivity contribution is -0.304. The van der Waals surface area contributed by atoms with Gasteiger partial charge in [0.25, 0.3) is 0 Å². The Bertz CT molecular complexity index is 885. The number of aliphatic carboxylic acids is 1. The van der Waals surface area contributed by atoms with Gasteiger partial charge in [-0.2, -0.15) is 0 Å². The molecule has 1 aliphatic heterocycles. The van der Waals surface area contributed by atoms with Crippen LogP contribution in [0.3, 0.4) is 0 Å². The third kappa shape index (κ3) is 10.4. The molecule has 3 fully saturated rings. The highest BCUT2D eigenvalue weighted by Gasteiger charge is 2.47. The number of carbonyl (C=O) groups is 3. The molecule has 0 spiro atoms. The summed E-state index contributed by atoms with van der Waals surface area (Å²) in [6.45, 7) is 9.99. The predicted octanol–water partition coefficient (Wildman–Crippen LogP) is 6.44. The van der Waals surface area contributed by atoms with Crippen LogP contribution in [0.5, 0.6) is 0 Å². The van der Waals surface area contributed by atoms with E-state index in [1.165, 1.54) is 32.1 Å². The third-order valence-electron chi connectivity index (χ3n) is 9.71. The van der Waals surface area contributed by atoms with Crippen molar-refractivity contribution in [3.63, 3.8) is 0 Å². The molecule has 4 atom stereocenters. The number of carbonyl (C=O) groups excluding carboxylic acids is 2. The van der Waals surface area contributed by atoms with Crippen molar-refractivity contribution >= 4 is 17.9 Å². The zero-order valence-corrected chi connectivity index (χ0v) is 27.0. The number of carboxylic acids is 1. The van der Waals surface area contributed by atoms with Crippen molar-refractivity contribution in [3.05, 3.63) is 0 Å². The van der Waals surface area contributed by atoms with Gasteiger partial charge >= 0.3 is 12.0 Å². The molecule has 3 amide bonds. The molecule has 0 aromatic carbocycles. The van der Waals surface area contributed by atoms with Crippen LogP contribution in [0.4, 0.5) is 4.79 Å². The van der Waals surface area contributed by atoms with E-state index >= 15 is 0 Å². The molecular weight excluding hydrogens is 534 g/mol. The first-order chi connectivity index (χ1) is 19.9. The van der Waals surface area contributed by atoms with Gasteiger partial charge in [0.15, 0.2) is 5.79 Å². The van der Waals surface area contributed by atoms with E-state index in [9.17, 15) is 19.5 Å². The van der Waals surface area contributed by atoms with Crippen molar-refractivity contribution in [2.24, 2.45) is 11.3 Å². The maximum atomic E-state index is 13.6. The Labute approximate surface area is 254 Å². The second kappa shape index (κ2) is 15.7. The molecule has 2 saturated carbocycles. The molecule has 4 unspecified atom stereocenters. The highest BCUT2D eigenvalue weighted by molar-refractivity contribution is 5.83. The van der Waals surface area contributed by atoms with Crippen molar-refractivity contribution in [2.75, 3.05) is 6.61 Å². The molecule has 4 N–H and O–H groups in total. The summed E-state index contributed by atoms with van der Waals surface area (Å²) >= 11 is 0. The molecule has 3 aliphatic rings. The van der Waals surface area contributed by atoms with E-state index in [0.717, 1.165) is 70.6 Å². The molecule has 0 aromatic rings. The Kier molecular flexibility index (Phi) is 13.0. The van der Waals surface area contributed by atoms with Gasteiger partial charge in [-0.15, -0.1) is 0 Å². The minimum absolute atomic E-state index is 0.150. The lowest BCUT2D eigenvalue weighted by Gasteiger charge is -2.45. The fourth-order valence-electron chi connectivity index (χ4n) is 7.25. The first-order valence-corrected chi connectivity index (χ1v) is 16.8. The van der Waals surface area contributed by atoms with Gasteiger partial charge < -0.3 is 30.5 Å². The maximum Gasteiger partial charge on any atom is 0.315 e. The number of nitrogens with one attached hydrogen (secondary N) is 3. The fourth-order valence-corrected chi connectivity index (χ4v) is 7.25. The molecule has 3 rings (SSSR count). The number of unbranched alkanes of at least 4 members (excludes halogenated alkanes) is 5. The molecular formula is C33H59N3O6. The van der Waals surface area contributed by atoms with Crippen LogP contribution in [0.2, 0.25) is 0 Å². The number of ether oxygens (including phenoxy) is 2. The van der Waals surface area contributed by atoms with Crippen molar-refractivity contribution in [3.8, 4) is 0 Å². The number of rotatable bonds is 14. The maximum absolute atomic E-state index is 13.6. The molecule has 2 aliphatic carbocycles. The van der Waals surface area contributed by atoms with E-state index in [-0.39, 0.29) is 35.9 Å². The number of hydrogen-bond acceptors (Lipinski definition) is 5. The van der Waals surface area contributed by atoms with Gasteiger partial charge in [-0.25, -0.2) is 4.79 Å². The molecule has 9 nitrogen and oxygen atoms in total. The fraction of sp³-hybridized carbons (Fsp3) is 0.909. The largest absolute Gasteiger partial charge is 0.481 e. The standard InChI is InChI=1S/C33H59N3O6/c1-6-7-8-9-10-14-19-33(20-15-16-21-33)36-30(40)35-25-18-13-11-12-17-24(25)26(22-27(37)38)34-29(39)28-31(2,3)23-41-32(4,5)42-28/h24-26,28H,6-23H2,1-5H3,(H,34,39)(H,37,38)(H2,35,36,40). The summed E-state index contributed by atoms with van der Waals surface area (Å²) in [5, 5.41) is 19.6. The van der Waals surface area contributed by atoms with Gasteiger partial charge in [-0.05, 0) is 46.0 Å². The van der Waals surface area contributed by atoms with E-state index < -0.39 is 29.3 Å². The monoisotopic (exact) mass is 593 g/mol. The molecule has 0 bridgehead atoms. The van der Waals surface area contributed by atoms with Crippen LogP contribution in [-0.4, -0.2) is 59.1 Å². The normalized spacial score (nSPS) is 27.4. The zero-order chi connectivity index (χ0) is 30.8. The van der Waals surface area contributed by atoms with Crippen LogP contribution in [0.15, 0.2) is 0 Å². The third-order valence-corrected chi connectivity index (χ3v) is 9.71. The van der Waals surface area contributed by atoms with Crippen LogP contribution in [-0.2, 0) is 19.1 Å². The number of urea groups is 1. The summed E-state index contributed by atoms with van der Waals surface area (Å²) in [7, 11) is 0. The summed E-state index contributed by atoms with van der Waals surface area (Å²) < 4.78 is 11.8. The Hall–Kier alpha value is -1.87. The van der Waals surface area contributed by atoms with Gasteiger partial charge in [-0.1, -0.05) is 91.4 Å². The SMILES string of the molecule is CCCCCCCCC1(NC(=O)NC2CCCCCC2C(CC(=O)O)NC(=O)C2OC(C)(C)OCC2(C)C)CCCC1. The summed E-state index contributed by atoms with van der Waals surface area (Å²) in [6.07, 6.45) is 16.2. The van der Waals surface area contributed by atoms with Crippen LogP contribution in [0.1, 0.15) is 144 Å². The van der Waals surface area contributed by atoms with Crippen molar-refractivity contribution in [1.29, 1.82) is 0 Å². The van der Waals surface area contributed by atoms with Gasteiger partial charge in [0.1, 0.15) is 6.10 Å². The number of carboxylic acid groups (broad SMARTS) is 1. The van der Waals surface area contributed by atoms with Crippen LogP contribution < -0.4 is 16.0 Å². The topological polar surface area (TPSA) is 126 Å². The van der Waals surface area contributed by atoms with Gasteiger partial charge in [0.05, 0.1) is 13.0 Å². The molecule has 9 heteroatoms. The lowest BCUT2D eigenvalue weighted by Crippen LogP contribution is -2.60. The van der Waals surface area contributed by atoms with E-state index in [1.807, 2.05) is 13.8 Å². The molecule has 1 saturated heterocycles. The Balaban J connectivity index is 1.68. The zero-order valence-electron chi connectivity index (χ0n) is 27.0. The van der Waals surface area contributed by atoms with Crippen molar-refractivity contribution in [2.45, 2.75) is 173 Å². The number of hydrogen-bond donors (Lipinski definition) is 4. The van der Waals surface area contributed by atoms with Gasteiger partial charge in [-0.3, -0.25) is 9.59 Å². The van der Waals surface area contributed by atoms with Crippen molar-refractivity contribution in [1.82, 2.24) is 16.0 Å². The van der Waals surface area contributed by atoms with Crippen LogP contribution >= 0.6 is 0 Å². The second-order valence-electron chi connectivity index (χ2n) is 14.4. The Morgan fingerprint density at radius 1 is 0.905 bits per heavy atom. The first-order valence-electron chi connectivity index (χ1n) is 16.8. The van der Waals surface area contributed by atoms with Gasteiger partial charge in [0, 0.05) is 29.0 Å². The average Bonchev–Trinajstić information content (AvgIpc) is 3.24. The van der Waals surface area contributed by atoms with Crippen LogP contribution in [0.25, 0.3) is 0 Å². The molecule has 42 heavy (non-hydrogen) atoms. The minimum Gasteiger partial charge on any atom is -0.481 e. The van der Waals surface area contributed by atoms with Crippen LogP contribution in [0, 0.1) is 11.3 Å². The highest BCUT2D eigenvalue weighted by atomic mass is 16.7. The molecule has 0 aromatic heterocycles. The highest BCUT2D eigenvalue weighted by Crippen LogP contribution is 2.37. The summed E-state index contributed by atoms with van der Waals surface area (Å²) in [6, 6.07) is -0.993. The minimum atomic E-state index is -0.968. The predicted molar refractivity (Wildman–Crippen MR) is 164 cm³/mol. The molecule has 242 valence electrons. The van der Waals surface area contributed by atoms with E-state index in [1.54, 1.807) is 13.8 Å². The summed E-state index contributed by atoms with van der Waals surface area (Å²) in [5.74, 6) is -2.38. The molecule has 1 heterocycles. The van der Waals surface area contributed by atoms with Gasteiger partial charge in [0.2, 0.25) is 5.91 Å². The molecule has 0 radical (unpaired) electrons. The first kappa shape index (κ1) is 34.6. The van der Waals surface area contributed by atoms with E-state index in [4.69, 9.17) is 9.47 Å².